The monoisotopic (exact) mass is 1610 g/mol. The van der Waals surface area contributed by atoms with Gasteiger partial charge in [-0.25, -0.2) is 0 Å². The predicted octanol–water partition coefficient (Wildman–Crippen LogP) is 19.4. The maximum atomic E-state index is 13.5. The van der Waals surface area contributed by atoms with Crippen molar-refractivity contribution < 1.29 is 89.4 Å². The quantitative estimate of drug-likeness (QED) is 0.0199. The molecular formula is C94H181NO18. The lowest BCUT2D eigenvalue weighted by Gasteiger charge is -2.48. The first-order valence-electron chi connectivity index (χ1n) is 48.4. The van der Waals surface area contributed by atoms with Crippen LogP contribution < -0.4 is 5.32 Å². The topological polar surface area (TPSA) is 307 Å². The lowest BCUT2D eigenvalue weighted by atomic mass is 9.96. The summed E-state index contributed by atoms with van der Waals surface area (Å²) in [7, 11) is 0. The first-order chi connectivity index (χ1) is 55.3. The molecular weight excluding hydrogens is 1430 g/mol. The van der Waals surface area contributed by atoms with Crippen LogP contribution in [-0.2, 0) is 33.2 Å². The van der Waals surface area contributed by atoms with Gasteiger partial charge in [-0.1, -0.05) is 437 Å². The first-order valence-corrected chi connectivity index (χ1v) is 48.4. The van der Waals surface area contributed by atoms with Crippen LogP contribution in [0.1, 0.15) is 450 Å². The van der Waals surface area contributed by atoms with Crippen LogP contribution in [0.4, 0.5) is 0 Å². The molecule has 19 nitrogen and oxygen atoms in total. The number of unbranched alkanes of at least 4 members (excludes halogenated alkanes) is 65. The summed E-state index contributed by atoms with van der Waals surface area (Å²) in [5.74, 6) is -0.264. The molecule has 0 aliphatic carbocycles. The highest BCUT2D eigenvalue weighted by Crippen LogP contribution is 2.34. The highest BCUT2D eigenvalue weighted by molar-refractivity contribution is 5.76. The number of hydrogen-bond donors (Lipinski definition) is 12. The summed E-state index contributed by atoms with van der Waals surface area (Å²) in [6, 6.07) is -0.972. The fourth-order valence-corrected chi connectivity index (χ4v) is 16.9. The van der Waals surface area contributed by atoms with Gasteiger partial charge in [0.2, 0.25) is 5.91 Å². The average molecular weight is 1610 g/mol. The smallest absolute Gasteiger partial charge is 0.220 e. The lowest BCUT2D eigenvalue weighted by molar-refractivity contribution is -0.379. The second-order valence-corrected chi connectivity index (χ2v) is 34.9. The maximum absolute atomic E-state index is 13.5. The van der Waals surface area contributed by atoms with Gasteiger partial charge >= 0.3 is 0 Å². The molecule has 3 rings (SSSR count). The van der Waals surface area contributed by atoms with Gasteiger partial charge in [-0.05, 0) is 19.3 Å². The number of aliphatic hydroxyl groups is 11. The molecule has 0 aromatic rings. The molecule has 670 valence electrons. The van der Waals surface area contributed by atoms with Crippen LogP contribution in [0.5, 0.6) is 0 Å². The van der Waals surface area contributed by atoms with Crippen molar-refractivity contribution in [1.29, 1.82) is 0 Å². The van der Waals surface area contributed by atoms with E-state index in [0.29, 0.717) is 6.42 Å². The standard InChI is InChI=1S/C94H181NO18/c1-3-5-7-9-11-13-15-17-19-21-23-25-27-29-31-33-35-36-37-38-39-40-41-42-44-46-48-50-52-54-56-58-60-62-64-66-68-70-72-82(100)95-77(78(99)71-69-67-65-63-61-59-57-55-53-51-49-47-45-43-34-32-30-28-26-24-22-20-18-16-14-12-10-8-6-4-2)76-108-92-88(106)85(103)90(80(74-97)110-92)113-94-89(107)86(104)91(81(75-98)111-94)112-93-87(105)84(102)83(101)79(73-96)109-93/h69,71,77-81,83-94,96-99,101-107H,3-68,70,72-76H2,1-2H3,(H,95,100)/b71-69+. The Kier molecular flexibility index (Phi) is 69.6. The normalized spacial score (nSPS) is 24.8. The number of ether oxygens (including phenoxy) is 6. The zero-order valence-electron chi connectivity index (χ0n) is 72.7. The number of aliphatic hydroxyl groups excluding tert-OH is 11. The summed E-state index contributed by atoms with van der Waals surface area (Å²) in [5.41, 5.74) is 0. The third-order valence-electron chi connectivity index (χ3n) is 24.6. The lowest BCUT2D eigenvalue weighted by Crippen LogP contribution is -2.66. The SMILES string of the molecule is CCCCCCCCCCCCCCCCCCCCCCCCCCCCCC/C=C/C(O)C(COC1OC(CO)C(OC2OC(CO)C(OC3OC(CO)C(O)C(O)C3O)C(O)C2O)C(O)C1O)NC(=O)CCCCCCCCCCCCCCCCCCCCCCCCCCCCCCCCCCCCCCCC. The number of carbonyl (C=O) groups is 1. The highest BCUT2D eigenvalue weighted by atomic mass is 16.8. The molecule has 3 heterocycles. The maximum Gasteiger partial charge on any atom is 0.220 e. The van der Waals surface area contributed by atoms with E-state index in [1.807, 2.05) is 6.08 Å². The molecule has 3 fully saturated rings. The Morgan fingerprint density at radius 1 is 0.310 bits per heavy atom. The van der Waals surface area contributed by atoms with E-state index in [4.69, 9.17) is 28.4 Å². The summed E-state index contributed by atoms with van der Waals surface area (Å²) in [6.45, 7) is 1.83. The van der Waals surface area contributed by atoms with E-state index in [0.717, 1.165) is 44.9 Å². The molecule has 0 saturated carbocycles. The van der Waals surface area contributed by atoms with Crippen molar-refractivity contribution in [1.82, 2.24) is 5.32 Å². The summed E-state index contributed by atoms with van der Waals surface area (Å²) in [4.78, 5) is 13.5. The number of amides is 1. The molecule has 0 radical (unpaired) electrons. The van der Waals surface area contributed by atoms with Gasteiger partial charge in [0.1, 0.15) is 73.2 Å². The Morgan fingerprint density at radius 2 is 0.549 bits per heavy atom. The van der Waals surface area contributed by atoms with Gasteiger partial charge in [0.15, 0.2) is 18.9 Å². The molecule has 17 unspecified atom stereocenters. The molecule has 0 bridgehead atoms. The molecule has 19 heteroatoms. The van der Waals surface area contributed by atoms with Crippen molar-refractivity contribution in [2.24, 2.45) is 0 Å². The molecule has 1 amide bonds. The fraction of sp³-hybridized carbons (Fsp3) is 0.968. The van der Waals surface area contributed by atoms with Crippen LogP contribution in [0.3, 0.4) is 0 Å². The largest absolute Gasteiger partial charge is 0.394 e. The van der Waals surface area contributed by atoms with Crippen LogP contribution in [-0.4, -0.2) is 193 Å². The summed E-state index contributed by atoms with van der Waals surface area (Å²) >= 11 is 0. The van der Waals surface area contributed by atoms with E-state index in [9.17, 15) is 61.0 Å². The van der Waals surface area contributed by atoms with E-state index in [1.54, 1.807) is 6.08 Å². The molecule has 0 spiro atoms. The van der Waals surface area contributed by atoms with Crippen molar-refractivity contribution in [3.05, 3.63) is 12.2 Å². The van der Waals surface area contributed by atoms with Gasteiger partial charge in [-0.3, -0.25) is 4.79 Å². The minimum absolute atomic E-state index is 0.251. The molecule has 12 N–H and O–H groups in total. The van der Waals surface area contributed by atoms with Gasteiger partial charge < -0.3 is 89.9 Å². The van der Waals surface area contributed by atoms with Crippen molar-refractivity contribution >= 4 is 5.91 Å². The van der Waals surface area contributed by atoms with Crippen molar-refractivity contribution in [2.75, 3.05) is 26.4 Å². The van der Waals surface area contributed by atoms with Crippen molar-refractivity contribution in [2.45, 2.75) is 555 Å². The molecule has 0 aromatic carbocycles. The van der Waals surface area contributed by atoms with Gasteiger partial charge in [-0.15, -0.1) is 0 Å². The van der Waals surface area contributed by atoms with Gasteiger partial charge in [0.05, 0.1) is 38.6 Å². The predicted molar refractivity (Wildman–Crippen MR) is 457 cm³/mol. The summed E-state index contributed by atoms with van der Waals surface area (Å²) < 4.78 is 34.6. The van der Waals surface area contributed by atoms with Gasteiger partial charge in [0, 0.05) is 6.42 Å². The van der Waals surface area contributed by atoms with Crippen molar-refractivity contribution in [3.63, 3.8) is 0 Å². The average Bonchev–Trinajstić information content (AvgIpc) is 0.777. The zero-order valence-corrected chi connectivity index (χ0v) is 72.7. The third-order valence-corrected chi connectivity index (χ3v) is 24.6. The first kappa shape index (κ1) is 106. The van der Waals surface area contributed by atoms with E-state index >= 15 is 0 Å². The van der Waals surface area contributed by atoms with E-state index < -0.39 is 124 Å². The number of allylic oxidation sites excluding steroid dienone is 1. The number of nitrogens with one attached hydrogen (secondary N) is 1. The highest BCUT2D eigenvalue weighted by Gasteiger charge is 2.54. The minimum atomic E-state index is -1.98. The third kappa shape index (κ3) is 52.5. The van der Waals surface area contributed by atoms with Gasteiger partial charge in [0.25, 0.3) is 0 Å². The molecule has 3 saturated heterocycles. The molecule has 3 aliphatic rings. The van der Waals surface area contributed by atoms with Crippen LogP contribution in [0, 0.1) is 0 Å². The second kappa shape index (κ2) is 74.4. The van der Waals surface area contributed by atoms with Crippen LogP contribution in [0.2, 0.25) is 0 Å². The Balaban J connectivity index is 1.29. The zero-order chi connectivity index (χ0) is 81.7. The Labute approximate surface area is 690 Å². The van der Waals surface area contributed by atoms with Crippen LogP contribution in [0.15, 0.2) is 12.2 Å². The molecule has 0 aromatic heterocycles. The van der Waals surface area contributed by atoms with Crippen LogP contribution in [0.25, 0.3) is 0 Å². The van der Waals surface area contributed by atoms with Crippen LogP contribution >= 0.6 is 0 Å². The number of hydrogen-bond acceptors (Lipinski definition) is 18. The minimum Gasteiger partial charge on any atom is -0.394 e. The second-order valence-electron chi connectivity index (χ2n) is 34.9. The van der Waals surface area contributed by atoms with Crippen molar-refractivity contribution in [3.8, 4) is 0 Å². The molecule has 3 aliphatic heterocycles. The van der Waals surface area contributed by atoms with E-state index in [1.165, 1.54) is 379 Å². The summed E-state index contributed by atoms with van der Waals surface area (Å²) in [6.07, 6.45) is 66.8. The Hall–Kier alpha value is -1.47. The molecule has 17 atom stereocenters. The Morgan fingerprint density at radius 3 is 0.832 bits per heavy atom. The van der Waals surface area contributed by atoms with E-state index in [2.05, 4.69) is 19.2 Å². The van der Waals surface area contributed by atoms with E-state index in [-0.39, 0.29) is 18.9 Å². The van der Waals surface area contributed by atoms with Gasteiger partial charge in [-0.2, -0.15) is 0 Å². The summed E-state index contributed by atoms with van der Waals surface area (Å²) in [5, 5.41) is 121. The Bertz CT molecular complexity index is 2080. The number of rotatable bonds is 81. The fourth-order valence-electron chi connectivity index (χ4n) is 16.9. The number of carbonyl (C=O) groups excluding carboxylic acids is 1. The molecule has 113 heavy (non-hydrogen) atoms.